The summed E-state index contributed by atoms with van der Waals surface area (Å²) in [4.78, 5) is 40.9. The second-order valence-corrected chi connectivity index (χ2v) is 8.13. The Balaban J connectivity index is 2.34. The molecule has 1 fully saturated rings. The van der Waals surface area contributed by atoms with Gasteiger partial charge in [-0.1, -0.05) is 38.8 Å². The number of nitrogens with one attached hydrogen (secondary N) is 2. The zero-order chi connectivity index (χ0) is 21.4. The van der Waals surface area contributed by atoms with E-state index in [0.717, 1.165) is 25.7 Å². The maximum absolute atomic E-state index is 13.4. The quantitative estimate of drug-likeness (QED) is 0.357. The molecule has 3 amide bonds. The third-order valence-corrected chi connectivity index (χ3v) is 6.19. The van der Waals surface area contributed by atoms with Crippen molar-refractivity contribution in [1.29, 1.82) is 0 Å². The van der Waals surface area contributed by atoms with Crippen molar-refractivity contribution in [1.82, 2.24) is 15.5 Å². The standard InChI is InChI=1S/C22H37N3O4/c1-4-6-12-24-21(28)19-16-11-10-15(9-5-2)17(20(27)23-3)18(16)22(29)25(19)13-7-8-14-26/h10-11,15-19,26H,4-9,12-14H2,1-3H3,(H,23,27)(H,24,28)/t15-,16+,17-,18-,19+/m1/s1. The lowest BCUT2D eigenvalue weighted by atomic mass is 9.68. The Bertz CT molecular complexity index is 607. The van der Waals surface area contributed by atoms with Gasteiger partial charge in [0.25, 0.3) is 0 Å². The zero-order valence-electron chi connectivity index (χ0n) is 18.0. The normalized spacial score (nSPS) is 28.3. The monoisotopic (exact) mass is 407 g/mol. The topological polar surface area (TPSA) is 98.7 Å². The van der Waals surface area contributed by atoms with E-state index in [9.17, 15) is 14.4 Å². The molecule has 0 aromatic carbocycles. The highest BCUT2D eigenvalue weighted by Gasteiger charge is 2.56. The summed E-state index contributed by atoms with van der Waals surface area (Å²) in [6, 6.07) is -0.589. The predicted molar refractivity (Wildman–Crippen MR) is 112 cm³/mol. The molecular formula is C22H37N3O4. The van der Waals surface area contributed by atoms with Crippen LogP contribution in [0.2, 0.25) is 0 Å². The third-order valence-electron chi connectivity index (χ3n) is 6.19. The van der Waals surface area contributed by atoms with Gasteiger partial charge in [0, 0.05) is 32.7 Å². The molecule has 0 unspecified atom stereocenters. The molecule has 1 aliphatic heterocycles. The van der Waals surface area contributed by atoms with Gasteiger partial charge in [0.15, 0.2) is 0 Å². The molecule has 164 valence electrons. The molecule has 0 radical (unpaired) electrons. The van der Waals surface area contributed by atoms with Gasteiger partial charge >= 0.3 is 0 Å². The minimum Gasteiger partial charge on any atom is -0.396 e. The van der Waals surface area contributed by atoms with Crippen LogP contribution in [0.3, 0.4) is 0 Å². The molecule has 7 heteroatoms. The van der Waals surface area contributed by atoms with Crippen LogP contribution in [0.25, 0.3) is 0 Å². The van der Waals surface area contributed by atoms with Gasteiger partial charge in [-0.25, -0.2) is 0 Å². The van der Waals surface area contributed by atoms with E-state index in [2.05, 4.69) is 24.5 Å². The Morgan fingerprint density at radius 3 is 2.48 bits per heavy atom. The van der Waals surface area contributed by atoms with Crippen LogP contribution < -0.4 is 10.6 Å². The van der Waals surface area contributed by atoms with Crippen molar-refractivity contribution in [3.8, 4) is 0 Å². The molecule has 0 aromatic heterocycles. The van der Waals surface area contributed by atoms with Gasteiger partial charge in [0.2, 0.25) is 17.7 Å². The summed E-state index contributed by atoms with van der Waals surface area (Å²) in [7, 11) is 1.60. The van der Waals surface area contributed by atoms with Crippen LogP contribution in [-0.4, -0.2) is 60.5 Å². The lowest BCUT2D eigenvalue weighted by molar-refractivity contribution is -0.140. The fourth-order valence-electron chi connectivity index (χ4n) is 4.76. The first-order chi connectivity index (χ1) is 14.0. The van der Waals surface area contributed by atoms with E-state index in [1.54, 1.807) is 11.9 Å². The summed E-state index contributed by atoms with van der Waals surface area (Å²) >= 11 is 0. The van der Waals surface area contributed by atoms with Crippen LogP contribution in [0.5, 0.6) is 0 Å². The number of allylic oxidation sites excluding steroid dienone is 1. The molecule has 2 rings (SSSR count). The van der Waals surface area contributed by atoms with E-state index in [0.29, 0.717) is 25.9 Å². The van der Waals surface area contributed by atoms with Crippen molar-refractivity contribution in [3.05, 3.63) is 12.2 Å². The van der Waals surface area contributed by atoms with E-state index in [4.69, 9.17) is 5.11 Å². The van der Waals surface area contributed by atoms with Crippen molar-refractivity contribution in [2.24, 2.45) is 23.7 Å². The van der Waals surface area contributed by atoms with Crippen LogP contribution in [0.4, 0.5) is 0 Å². The molecule has 1 aliphatic carbocycles. The Labute approximate surface area is 174 Å². The number of unbranched alkanes of at least 4 members (excludes halogenated alkanes) is 2. The minimum atomic E-state index is -0.589. The second-order valence-electron chi connectivity index (χ2n) is 8.13. The van der Waals surface area contributed by atoms with Gasteiger partial charge in [-0.05, 0) is 31.6 Å². The van der Waals surface area contributed by atoms with Gasteiger partial charge in [-0.2, -0.15) is 0 Å². The van der Waals surface area contributed by atoms with Crippen LogP contribution in [0.1, 0.15) is 52.4 Å². The lowest BCUT2D eigenvalue weighted by Crippen LogP contribution is -2.48. The zero-order valence-corrected chi connectivity index (χ0v) is 18.0. The third kappa shape index (κ3) is 5.18. The van der Waals surface area contributed by atoms with Crippen LogP contribution in [0, 0.1) is 23.7 Å². The Hall–Kier alpha value is -1.89. The summed E-state index contributed by atoms with van der Waals surface area (Å²) in [5.74, 6) is -1.62. The van der Waals surface area contributed by atoms with Crippen LogP contribution >= 0.6 is 0 Å². The molecule has 29 heavy (non-hydrogen) atoms. The van der Waals surface area contributed by atoms with Crippen molar-refractivity contribution in [3.63, 3.8) is 0 Å². The molecule has 1 saturated heterocycles. The maximum Gasteiger partial charge on any atom is 0.243 e. The first-order valence-electron chi connectivity index (χ1n) is 11.1. The van der Waals surface area contributed by atoms with Gasteiger partial charge < -0.3 is 20.6 Å². The Morgan fingerprint density at radius 1 is 1.10 bits per heavy atom. The molecule has 7 nitrogen and oxygen atoms in total. The van der Waals surface area contributed by atoms with Gasteiger partial charge in [0.05, 0.1) is 11.8 Å². The number of amides is 3. The molecule has 0 saturated carbocycles. The molecular weight excluding hydrogens is 370 g/mol. The van der Waals surface area contributed by atoms with E-state index < -0.39 is 17.9 Å². The summed E-state index contributed by atoms with van der Waals surface area (Å²) in [6.07, 6.45) is 8.88. The Morgan fingerprint density at radius 2 is 1.86 bits per heavy atom. The van der Waals surface area contributed by atoms with E-state index >= 15 is 0 Å². The van der Waals surface area contributed by atoms with E-state index in [1.807, 2.05) is 12.2 Å². The summed E-state index contributed by atoms with van der Waals surface area (Å²) in [6.45, 7) is 5.20. The minimum absolute atomic E-state index is 0.00587. The fraction of sp³-hybridized carbons (Fsp3) is 0.773. The maximum atomic E-state index is 13.4. The molecule has 3 N–H and O–H groups in total. The highest BCUT2D eigenvalue weighted by atomic mass is 16.3. The number of nitrogens with zero attached hydrogens (tertiary/aromatic N) is 1. The van der Waals surface area contributed by atoms with Gasteiger partial charge in [0.1, 0.15) is 6.04 Å². The lowest BCUT2D eigenvalue weighted by Gasteiger charge is -2.34. The summed E-state index contributed by atoms with van der Waals surface area (Å²) in [5.41, 5.74) is 0. The molecule has 2 aliphatic rings. The van der Waals surface area contributed by atoms with E-state index in [1.165, 1.54) is 0 Å². The molecule has 0 aromatic rings. The second kappa shape index (κ2) is 11.3. The highest BCUT2D eigenvalue weighted by Crippen LogP contribution is 2.45. The number of rotatable bonds is 11. The average Bonchev–Trinajstić information content (AvgIpc) is 3.00. The number of hydrogen-bond donors (Lipinski definition) is 3. The number of aliphatic hydroxyl groups is 1. The van der Waals surface area contributed by atoms with Gasteiger partial charge in [-0.15, -0.1) is 0 Å². The van der Waals surface area contributed by atoms with Crippen molar-refractivity contribution < 1.29 is 19.5 Å². The van der Waals surface area contributed by atoms with Gasteiger partial charge in [-0.3, -0.25) is 14.4 Å². The average molecular weight is 408 g/mol. The number of fused-ring (bicyclic) bond motifs is 1. The SMILES string of the molecule is CCCCNC(=O)[C@@H]1[C@H]2C=C[C@@H](CCC)[C@@H](C(=O)NC)[C@@H]2C(=O)N1CCCCO. The fourth-order valence-corrected chi connectivity index (χ4v) is 4.76. The summed E-state index contributed by atoms with van der Waals surface area (Å²) < 4.78 is 0. The van der Waals surface area contributed by atoms with Crippen molar-refractivity contribution >= 4 is 17.7 Å². The predicted octanol–water partition coefficient (Wildman–Crippen LogP) is 1.47. The smallest absolute Gasteiger partial charge is 0.243 e. The molecule has 5 atom stereocenters. The van der Waals surface area contributed by atoms with E-state index in [-0.39, 0.29) is 36.2 Å². The summed E-state index contributed by atoms with van der Waals surface area (Å²) in [5, 5.41) is 14.8. The molecule has 1 heterocycles. The van der Waals surface area contributed by atoms with Crippen molar-refractivity contribution in [2.45, 2.75) is 58.4 Å². The number of carbonyl (C=O) groups excluding carboxylic acids is 3. The highest BCUT2D eigenvalue weighted by molar-refractivity contribution is 5.96. The Kier molecular flexibility index (Phi) is 9.14. The van der Waals surface area contributed by atoms with Crippen LogP contribution in [-0.2, 0) is 14.4 Å². The van der Waals surface area contributed by atoms with Crippen LogP contribution in [0.15, 0.2) is 12.2 Å². The first kappa shape index (κ1) is 23.4. The van der Waals surface area contributed by atoms with Crippen molar-refractivity contribution in [2.75, 3.05) is 26.7 Å². The number of likely N-dealkylation sites (tertiary alicyclic amines) is 1. The number of aliphatic hydroxyl groups excluding tert-OH is 1. The number of hydrogen-bond acceptors (Lipinski definition) is 4. The molecule has 0 spiro atoms. The number of carbonyl (C=O) groups is 3. The largest absolute Gasteiger partial charge is 0.396 e. The first-order valence-corrected chi connectivity index (χ1v) is 11.1. The molecule has 0 bridgehead atoms.